The van der Waals surface area contributed by atoms with Gasteiger partial charge in [0.1, 0.15) is 6.10 Å². The van der Waals surface area contributed by atoms with Crippen LogP contribution in [-0.4, -0.2) is 23.6 Å². The van der Waals surface area contributed by atoms with Gasteiger partial charge in [0.25, 0.3) is 0 Å². The highest BCUT2D eigenvalue weighted by Crippen LogP contribution is 2.60. The van der Waals surface area contributed by atoms with Crippen LogP contribution in [0.15, 0.2) is 0 Å². The third-order valence-corrected chi connectivity index (χ3v) is 4.12. The summed E-state index contributed by atoms with van der Waals surface area (Å²) in [6, 6.07) is 0. The second-order valence-electron chi connectivity index (χ2n) is 5.68. The molecule has 0 spiro atoms. The molecular weight excluding hydrogens is 208 g/mol. The van der Waals surface area contributed by atoms with Gasteiger partial charge in [-0.2, -0.15) is 0 Å². The molecule has 4 nitrogen and oxygen atoms in total. The van der Waals surface area contributed by atoms with E-state index in [1.54, 1.807) is 6.92 Å². The minimum absolute atomic E-state index is 0.295. The van der Waals surface area contributed by atoms with Gasteiger partial charge in [-0.05, 0) is 13.3 Å². The highest BCUT2D eigenvalue weighted by Gasteiger charge is 2.70. The number of fused-ring (bicyclic) bond motifs is 2. The van der Waals surface area contributed by atoms with Crippen molar-refractivity contribution in [3.8, 4) is 0 Å². The van der Waals surface area contributed by atoms with Crippen LogP contribution in [0.5, 0.6) is 0 Å². The van der Waals surface area contributed by atoms with Crippen molar-refractivity contribution in [2.45, 2.75) is 40.2 Å². The Balaban J connectivity index is 2.43. The van der Waals surface area contributed by atoms with Crippen LogP contribution in [-0.2, 0) is 19.1 Å². The summed E-state index contributed by atoms with van der Waals surface area (Å²) in [5.41, 5.74) is -1.25. The average Bonchev–Trinajstić information content (AvgIpc) is 2.49. The lowest BCUT2D eigenvalue weighted by Gasteiger charge is -2.39. The fraction of sp³-hybridized carbons (Fsp3) is 0.750. The van der Waals surface area contributed by atoms with Gasteiger partial charge < -0.3 is 4.74 Å². The highest BCUT2D eigenvalue weighted by molar-refractivity contribution is 6.43. The number of rotatable bonds is 1. The minimum atomic E-state index is -0.809. The molecule has 0 aliphatic heterocycles. The predicted molar refractivity (Wildman–Crippen MR) is 55.6 cm³/mol. The van der Waals surface area contributed by atoms with Gasteiger partial charge in [-0.15, -0.1) is 0 Å². The molecule has 2 aliphatic carbocycles. The van der Waals surface area contributed by atoms with Crippen molar-refractivity contribution in [3.05, 3.63) is 0 Å². The first kappa shape index (κ1) is 11.3. The number of ketones is 2. The lowest BCUT2D eigenvalue weighted by Crippen LogP contribution is -2.51. The zero-order chi connectivity index (χ0) is 12.3. The van der Waals surface area contributed by atoms with Gasteiger partial charge in [-0.1, -0.05) is 13.8 Å². The summed E-state index contributed by atoms with van der Waals surface area (Å²) in [6.45, 7) is 6.84. The minimum Gasteiger partial charge on any atom is -0.461 e. The van der Waals surface area contributed by atoms with Gasteiger partial charge in [0, 0.05) is 18.3 Å². The molecule has 0 N–H and O–H groups in total. The standard InChI is InChI=1S/C12H16O4/c1-6(13)16-10-11(2,3)7-5-12(10,4)9(15)8(7)14/h7,10H,5H2,1-4H3/t7-,10+,12+/m0/s1. The van der Waals surface area contributed by atoms with E-state index in [4.69, 9.17) is 4.74 Å². The number of carbonyl (C=O) groups excluding carboxylic acids is 3. The van der Waals surface area contributed by atoms with Crippen molar-refractivity contribution in [2.75, 3.05) is 0 Å². The van der Waals surface area contributed by atoms with Crippen molar-refractivity contribution >= 4 is 17.5 Å². The lowest BCUT2D eigenvalue weighted by molar-refractivity contribution is -0.169. The largest absolute Gasteiger partial charge is 0.461 e. The molecule has 2 saturated carbocycles. The first-order valence-electron chi connectivity index (χ1n) is 5.47. The number of hydrogen-bond donors (Lipinski definition) is 0. The Morgan fingerprint density at radius 1 is 1.31 bits per heavy atom. The molecule has 0 saturated heterocycles. The summed E-state index contributed by atoms with van der Waals surface area (Å²) in [5.74, 6) is -1.36. The molecule has 2 bridgehead atoms. The van der Waals surface area contributed by atoms with Crippen LogP contribution in [0.3, 0.4) is 0 Å². The molecule has 4 heteroatoms. The smallest absolute Gasteiger partial charge is 0.302 e. The Bertz CT molecular complexity index is 396. The molecule has 2 fully saturated rings. The van der Waals surface area contributed by atoms with Crippen LogP contribution in [0.1, 0.15) is 34.1 Å². The zero-order valence-electron chi connectivity index (χ0n) is 9.99. The highest BCUT2D eigenvalue weighted by atomic mass is 16.5. The van der Waals surface area contributed by atoms with Gasteiger partial charge in [0.05, 0.1) is 5.41 Å². The molecular formula is C12H16O4. The first-order chi connectivity index (χ1) is 7.21. The van der Waals surface area contributed by atoms with E-state index in [1.165, 1.54) is 6.92 Å². The maximum Gasteiger partial charge on any atom is 0.302 e. The zero-order valence-corrected chi connectivity index (χ0v) is 9.99. The molecule has 0 unspecified atom stereocenters. The summed E-state index contributed by atoms with van der Waals surface area (Å²) in [7, 11) is 0. The van der Waals surface area contributed by atoms with Crippen LogP contribution in [0.2, 0.25) is 0 Å². The summed E-state index contributed by atoms with van der Waals surface area (Å²) < 4.78 is 5.27. The van der Waals surface area contributed by atoms with E-state index in [2.05, 4.69) is 0 Å². The summed E-state index contributed by atoms with van der Waals surface area (Å²) in [4.78, 5) is 34.6. The predicted octanol–water partition coefficient (Wildman–Crippen LogP) is 1.12. The van der Waals surface area contributed by atoms with Crippen molar-refractivity contribution < 1.29 is 19.1 Å². The second kappa shape index (κ2) is 2.93. The molecule has 16 heavy (non-hydrogen) atoms. The van der Waals surface area contributed by atoms with E-state index in [0.29, 0.717) is 6.42 Å². The molecule has 0 radical (unpaired) electrons. The van der Waals surface area contributed by atoms with E-state index < -0.39 is 22.9 Å². The van der Waals surface area contributed by atoms with E-state index in [-0.39, 0.29) is 17.5 Å². The van der Waals surface area contributed by atoms with Gasteiger partial charge in [0.15, 0.2) is 0 Å². The van der Waals surface area contributed by atoms with Crippen LogP contribution in [0, 0.1) is 16.7 Å². The molecule has 0 amide bonds. The lowest BCUT2D eigenvalue weighted by atomic mass is 9.69. The number of carbonyl (C=O) groups is 3. The SMILES string of the molecule is CC(=O)O[C@@H]1C(C)(C)[C@H]2C[C@]1(C)C(=O)C2=O. The van der Waals surface area contributed by atoms with Crippen LogP contribution < -0.4 is 0 Å². The van der Waals surface area contributed by atoms with E-state index >= 15 is 0 Å². The van der Waals surface area contributed by atoms with Crippen molar-refractivity contribution in [3.63, 3.8) is 0 Å². The Kier molecular flexibility index (Phi) is 2.07. The van der Waals surface area contributed by atoms with Crippen molar-refractivity contribution in [1.82, 2.24) is 0 Å². The molecule has 2 rings (SSSR count). The average molecular weight is 224 g/mol. The van der Waals surface area contributed by atoms with E-state index in [0.717, 1.165) is 0 Å². The molecule has 88 valence electrons. The van der Waals surface area contributed by atoms with Gasteiger partial charge >= 0.3 is 5.97 Å². The monoisotopic (exact) mass is 224 g/mol. The van der Waals surface area contributed by atoms with E-state index in [1.807, 2.05) is 13.8 Å². The van der Waals surface area contributed by atoms with Gasteiger partial charge in [0.2, 0.25) is 11.6 Å². The first-order valence-corrected chi connectivity index (χ1v) is 5.47. The quantitative estimate of drug-likeness (QED) is 0.494. The maximum atomic E-state index is 11.8. The number of esters is 1. The molecule has 0 aromatic rings. The summed E-state index contributed by atoms with van der Waals surface area (Å²) in [6.07, 6.45) is 0.0306. The summed E-state index contributed by atoms with van der Waals surface area (Å²) >= 11 is 0. The molecule has 0 aromatic carbocycles. The molecule has 2 aliphatic rings. The maximum absolute atomic E-state index is 11.8. The fourth-order valence-corrected chi connectivity index (χ4v) is 3.33. The van der Waals surface area contributed by atoms with E-state index in [9.17, 15) is 14.4 Å². The number of hydrogen-bond acceptors (Lipinski definition) is 4. The number of ether oxygens (including phenoxy) is 1. The van der Waals surface area contributed by atoms with Gasteiger partial charge in [-0.25, -0.2) is 0 Å². The summed E-state index contributed by atoms with van der Waals surface area (Å²) in [5, 5.41) is 0. The van der Waals surface area contributed by atoms with Crippen LogP contribution in [0.25, 0.3) is 0 Å². The Morgan fingerprint density at radius 2 is 1.88 bits per heavy atom. The van der Waals surface area contributed by atoms with Crippen molar-refractivity contribution in [2.24, 2.45) is 16.7 Å². The Morgan fingerprint density at radius 3 is 2.31 bits per heavy atom. The van der Waals surface area contributed by atoms with Crippen LogP contribution in [0.4, 0.5) is 0 Å². The molecule has 0 aromatic heterocycles. The second-order valence-corrected chi connectivity index (χ2v) is 5.68. The Labute approximate surface area is 94.3 Å². The molecule has 3 atom stereocenters. The van der Waals surface area contributed by atoms with Crippen LogP contribution >= 0.6 is 0 Å². The third kappa shape index (κ3) is 1.13. The van der Waals surface area contributed by atoms with Gasteiger partial charge in [-0.3, -0.25) is 14.4 Å². The fourth-order valence-electron chi connectivity index (χ4n) is 3.33. The third-order valence-electron chi connectivity index (χ3n) is 4.12. The Hall–Kier alpha value is -1.19. The van der Waals surface area contributed by atoms with Crippen molar-refractivity contribution in [1.29, 1.82) is 0 Å². The number of Topliss-reactive ketones (excluding diaryl/α,β-unsaturated/α-hetero) is 2. The topological polar surface area (TPSA) is 60.4 Å². The molecule has 0 heterocycles. The normalized spacial score (nSPS) is 40.2.